The van der Waals surface area contributed by atoms with Gasteiger partial charge in [0.05, 0.1) is 10.6 Å². The summed E-state index contributed by atoms with van der Waals surface area (Å²) in [7, 11) is -3.87. The summed E-state index contributed by atoms with van der Waals surface area (Å²) in [5, 5.41) is 19.5. The number of nitrogens with two attached hydrogens (primary N) is 1. The Morgan fingerprint density at radius 3 is 2.48 bits per heavy atom. The summed E-state index contributed by atoms with van der Waals surface area (Å²) < 4.78 is 26.4. The molecule has 1 aromatic rings. The van der Waals surface area contributed by atoms with E-state index in [4.69, 9.17) is 10.8 Å². The number of nitro groups is 1. The van der Waals surface area contributed by atoms with E-state index >= 15 is 0 Å². The van der Waals surface area contributed by atoms with Crippen molar-refractivity contribution in [2.24, 2.45) is 0 Å². The molecule has 0 radical (unpaired) electrons. The number of hydrogen-bond donors (Lipinski definition) is 2. The minimum atomic E-state index is -3.87. The van der Waals surface area contributed by atoms with Crippen molar-refractivity contribution in [2.75, 3.05) is 18.9 Å². The lowest BCUT2D eigenvalue weighted by molar-refractivity contribution is -0.384. The number of sulfonamides is 1. The number of non-ortho nitro benzene ring substituents is 1. The van der Waals surface area contributed by atoms with Crippen LogP contribution in [0.1, 0.15) is 20.3 Å². The first-order valence-electron chi connectivity index (χ1n) is 6.38. The van der Waals surface area contributed by atoms with Gasteiger partial charge in [-0.2, -0.15) is 4.31 Å². The number of rotatable bonds is 7. The van der Waals surface area contributed by atoms with Crippen molar-refractivity contribution in [2.45, 2.75) is 31.2 Å². The van der Waals surface area contributed by atoms with Crippen LogP contribution in [-0.2, 0) is 10.0 Å². The fourth-order valence-electron chi connectivity index (χ4n) is 1.89. The van der Waals surface area contributed by atoms with E-state index in [2.05, 4.69) is 0 Å². The molecule has 0 fully saturated rings. The molecule has 0 heterocycles. The lowest BCUT2D eigenvalue weighted by Gasteiger charge is -2.26. The summed E-state index contributed by atoms with van der Waals surface area (Å²) in [4.78, 5) is 9.85. The number of nitro benzene ring substituents is 1. The maximum atomic E-state index is 12.6. The molecule has 0 aliphatic rings. The van der Waals surface area contributed by atoms with Gasteiger partial charge < -0.3 is 10.8 Å². The lowest BCUT2D eigenvalue weighted by atomic mass is 10.3. The van der Waals surface area contributed by atoms with Crippen LogP contribution in [0.2, 0.25) is 0 Å². The Kier molecular flexibility index (Phi) is 5.64. The van der Waals surface area contributed by atoms with Crippen LogP contribution < -0.4 is 5.73 Å². The third-order valence-corrected chi connectivity index (χ3v) is 5.05. The Hall–Kier alpha value is -1.71. The van der Waals surface area contributed by atoms with Gasteiger partial charge in [-0.05, 0) is 26.3 Å². The molecular formula is C12H19N3O5S. The summed E-state index contributed by atoms with van der Waals surface area (Å²) in [6.45, 7) is 3.43. The number of nitrogen functional groups attached to an aromatic ring is 1. The first-order valence-corrected chi connectivity index (χ1v) is 7.82. The smallest absolute Gasteiger partial charge is 0.271 e. The Labute approximate surface area is 123 Å². The quantitative estimate of drug-likeness (QED) is 0.438. The number of hydrogen-bond acceptors (Lipinski definition) is 6. The van der Waals surface area contributed by atoms with Crippen LogP contribution in [0, 0.1) is 10.1 Å². The minimum absolute atomic E-state index is 0.130. The largest absolute Gasteiger partial charge is 0.397 e. The monoisotopic (exact) mass is 317 g/mol. The van der Waals surface area contributed by atoms with Crippen molar-refractivity contribution in [3.63, 3.8) is 0 Å². The van der Waals surface area contributed by atoms with Crippen molar-refractivity contribution in [1.82, 2.24) is 4.31 Å². The van der Waals surface area contributed by atoms with Gasteiger partial charge in [0.25, 0.3) is 5.69 Å². The summed E-state index contributed by atoms with van der Waals surface area (Å²) in [5.74, 6) is 0. The van der Waals surface area contributed by atoms with Gasteiger partial charge in [0, 0.05) is 31.3 Å². The second kappa shape index (κ2) is 6.83. The molecular weight excluding hydrogens is 298 g/mol. The summed E-state index contributed by atoms with van der Waals surface area (Å²) in [6.07, 6.45) is 0.296. The van der Waals surface area contributed by atoms with Crippen LogP contribution in [0.25, 0.3) is 0 Å². The molecule has 0 saturated carbocycles. The molecule has 0 bridgehead atoms. The van der Waals surface area contributed by atoms with Crippen LogP contribution in [0.4, 0.5) is 11.4 Å². The van der Waals surface area contributed by atoms with Crippen molar-refractivity contribution >= 4 is 21.4 Å². The first kappa shape index (κ1) is 17.3. The average Bonchev–Trinajstić information content (AvgIpc) is 2.37. The fourth-order valence-corrected chi connectivity index (χ4v) is 3.67. The maximum Gasteiger partial charge on any atom is 0.271 e. The molecule has 0 aromatic heterocycles. The normalized spacial score (nSPS) is 12.0. The average molecular weight is 317 g/mol. The van der Waals surface area contributed by atoms with E-state index in [1.54, 1.807) is 13.8 Å². The van der Waals surface area contributed by atoms with Crippen LogP contribution >= 0.6 is 0 Å². The summed E-state index contributed by atoms with van der Waals surface area (Å²) in [6, 6.07) is 2.94. The van der Waals surface area contributed by atoms with Gasteiger partial charge >= 0.3 is 0 Å². The standard InChI is InChI=1S/C12H19N3O5S/c1-9(2)14(6-3-7-16)21(19,20)12-5-4-10(15(17)18)8-11(12)13/h4-5,8-9,16H,3,6-7,13H2,1-2H3. The zero-order valence-corrected chi connectivity index (χ0v) is 12.7. The molecule has 0 atom stereocenters. The maximum absolute atomic E-state index is 12.6. The van der Waals surface area contributed by atoms with Crippen LogP contribution in [0.3, 0.4) is 0 Å². The molecule has 0 unspecified atom stereocenters. The van der Waals surface area contributed by atoms with Gasteiger partial charge in [-0.3, -0.25) is 10.1 Å². The SMILES string of the molecule is CC(C)N(CCCO)S(=O)(=O)c1ccc([N+](=O)[O-])cc1N. The highest BCUT2D eigenvalue weighted by atomic mass is 32.2. The fraction of sp³-hybridized carbons (Fsp3) is 0.500. The molecule has 9 heteroatoms. The molecule has 8 nitrogen and oxygen atoms in total. The van der Waals surface area contributed by atoms with Crippen LogP contribution in [-0.4, -0.2) is 41.9 Å². The summed E-state index contributed by atoms with van der Waals surface area (Å²) >= 11 is 0. The van der Waals surface area contributed by atoms with Crippen molar-refractivity contribution in [3.8, 4) is 0 Å². The van der Waals surface area contributed by atoms with Gasteiger partial charge in [-0.25, -0.2) is 8.42 Å². The van der Waals surface area contributed by atoms with Gasteiger partial charge in [-0.15, -0.1) is 0 Å². The molecule has 118 valence electrons. The zero-order valence-electron chi connectivity index (χ0n) is 11.9. The second-order valence-corrected chi connectivity index (χ2v) is 6.62. The van der Waals surface area contributed by atoms with Gasteiger partial charge in [0.15, 0.2) is 0 Å². The zero-order chi connectivity index (χ0) is 16.2. The summed E-state index contributed by atoms with van der Waals surface area (Å²) in [5.41, 5.74) is 5.22. The van der Waals surface area contributed by atoms with Crippen molar-refractivity contribution in [1.29, 1.82) is 0 Å². The number of benzene rings is 1. The Morgan fingerprint density at radius 1 is 1.43 bits per heavy atom. The highest BCUT2D eigenvalue weighted by Crippen LogP contribution is 2.27. The van der Waals surface area contributed by atoms with Gasteiger partial charge in [-0.1, -0.05) is 0 Å². The van der Waals surface area contributed by atoms with Crippen molar-refractivity contribution in [3.05, 3.63) is 28.3 Å². The molecule has 0 saturated heterocycles. The molecule has 21 heavy (non-hydrogen) atoms. The molecule has 1 aromatic carbocycles. The molecule has 0 aliphatic heterocycles. The van der Waals surface area contributed by atoms with Gasteiger partial charge in [0.2, 0.25) is 10.0 Å². The van der Waals surface area contributed by atoms with E-state index in [0.717, 1.165) is 18.2 Å². The predicted octanol–water partition coefficient (Wildman–Crippen LogP) is 0.958. The number of aliphatic hydroxyl groups excluding tert-OH is 1. The van der Waals surface area contributed by atoms with E-state index < -0.39 is 14.9 Å². The topological polar surface area (TPSA) is 127 Å². The number of nitrogens with zero attached hydrogens (tertiary/aromatic N) is 2. The minimum Gasteiger partial charge on any atom is -0.397 e. The van der Waals surface area contributed by atoms with Gasteiger partial charge in [0.1, 0.15) is 4.90 Å². The predicted molar refractivity (Wildman–Crippen MR) is 78.2 cm³/mol. The second-order valence-electron chi connectivity index (χ2n) is 4.77. The number of aliphatic hydroxyl groups is 1. The molecule has 0 aliphatic carbocycles. The molecule has 1 rings (SSSR count). The van der Waals surface area contributed by atoms with E-state index in [9.17, 15) is 18.5 Å². The first-order chi connectivity index (χ1) is 9.71. The van der Waals surface area contributed by atoms with Crippen LogP contribution in [0.5, 0.6) is 0 Å². The van der Waals surface area contributed by atoms with Crippen molar-refractivity contribution < 1.29 is 18.4 Å². The molecule has 0 spiro atoms. The Balaban J connectivity index is 3.25. The van der Waals surface area contributed by atoms with Crippen LogP contribution in [0.15, 0.2) is 23.1 Å². The third kappa shape index (κ3) is 3.90. The third-order valence-electron chi connectivity index (χ3n) is 2.90. The Bertz CT molecular complexity index is 615. The van der Waals surface area contributed by atoms with E-state index in [1.165, 1.54) is 4.31 Å². The molecule has 0 amide bonds. The van der Waals surface area contributed by atoms with E-state index in [0.29, 0.717) is 6.42 Å². The lowest BCUT2D eigenvalue weighted by Crippen LogP contribution is -2.38. The Morgan fingerprint density at radius 2 is 2.05 bits per heavy atom. The highest BCUT2D eigenvalue weighted by Gasteiger charge is 2.29. The molecule has 3 N–H and O–H groups in total. The highest BCUT2D eigenvalue weighted by molar-refractivity contribution is 7.89. The van der Waals surface area contributed by atoms with E-state index in [-0.39, 0.29) is 35.5 Å². The number of anilines is 1. The van der Waals surface area contributed by atoms with E-state index in [1.807, 2.05) is 0 Å².